The number of anilines is 1. The van der Waals surface area contributed by atoms with Crippen LogP contribution < -0.4 is 5.32 Å². The fourth-order valence-electron chi connectivity index (χ4n) is 1.83. The summed E-state index contributed by atoms with van der Waals surface area (Å²) in [5.74, 6) is 1.43. The Labute approximate surface area is 104 Å². The Morgan fingerprint density at radius 1 is 1.50 bits per heavy atom. The number of nitrogens with one attached hydrogen (secondary N) is 2. The van der Waals surface area contributed by atoms with E-state index in [9.17, 15) is 4.79 Å². The largest absolute Gasteiger partial charge is 0.293 e. The summed E-state index contributed by atoms with van der Waals surface area (Å²) in [5, 5.41) is 9.42. The topological polar surface area (TPSA) is 83.6 Å². The van der Waals surface area contributed by atoms with Crippen LogP contribution in [-0.4, -0.2) is 26.1 Å². The number of pyridine rings is 1. The molecular weight excluding hydrogens is 230 g/mol. The van der Waals surface area contributed by atoms with Gasteiger partial charge in [-0.1, -0.05) is 13.0 Å². The van der Waals surface area contributed by atoms with Crippen molar-refractivity contribution < 1.29 is 4.79 Å². The van der Waals surface area contributed by atoms with Crippen molar-refractivity contribution in [3.8, 4) is 11.5 Å². The molecule has 6 nitrogen and oxygen atoms in total. The Hall–Kier alpha value is -2.24. The van der Waals surface area contributed by atoms with Crippen LogP contribution in [0.2, 0.25) is 0 Å². The summed E-state index contributed by atoms with van der Waals surface area (Å²) in [7, 11) is 0. The number of hydrogen-bond donors (Lipinski definition) is 2. The highest BCUT2D eigenvalue weighted by molar-refractivity contribution is 5.93. The molecule has 2 atom stereocenters. The first-order valence-corrected chi connectivity index (χ1v) is 5.88. The highest BCUT2D eigenvalue weighted by atomic mass is 16.2. The van der Waals surface area contributed by atoms with Crippen molar-refractivity contribution in [2.45, 2.75) is 13.3 Å². The molecule has 1 aliphatic rings. The van der Waals surface area contributed by atoms with Crippen molar-refractivity contribution in [3.05, 3.63) is 24.4 Å². The zero-order chi connectivity index (χ0) is 12.5. The molecule has 6 heteroatoms. The van der Waals surface area contributed by atoms with E-state index in [1.54, 1.807) is 6.20 Å². The molecule has 0 spiro atoms. The van der Waals surface area contributed by atoms with Gasteiger partial charge < -0.3 is 0 Å². The van der Waals surface area contributed by atoms with E-state index < -0.39 is 0 Å². The third-order valence-corrected chi connectivity index (χ3v) is 3.07. The molecule has 1 amide bonds. The van der Waals surface area contributed by atoms with E-state index in [1.165, 1.54) is 0 Å². The second-order valence-corrected chi connectivity index (χ2v) is 4.53. The fourth-order valence-corrected chi connectivity index (χ4v) is 1.83. The van der Waals surface area contributed by atoms with E-state index in [4.69, 9.17) is 0 Å². The van der Waals surface area contributed by atoms with Gasteiger partial charge in [0.25, 0.3) is 0 Å². The van der Waals surface area contributed by atoms with Crippen molar-refractivity contribution in [3.63, 3.8) is 0 Å². The molecule has 0 radical (unpaired) electrons. The molecule has 2 aromatic rings. The fraction of sp³-hybridized carbons (Fsp3) is 0.333. The SMILES string of the molecule is CC1CC1C(=O)Nc1n[nH]c(-c2ccccn2)n1. The van der Waals surface area contributed by atoms with Gasteiger partial charge in [-0.2, -0.15) is 4.98 Å². The Balaban J connectivity index is 1.72. The number of nitrogens with zero attached hydrogens (tertiary/aromatic N) is 3. The van der Waals surface area contributed by atoms with Crippen LogP contribution >= 0.6 is 0 Å². The van der Waals surface area contributed by atoms with Gasteiger partial charge in [0, 0.05) is 12.1 Å². The van der Waals surface area contributed by atoms with E-state index in [0.29, 0.717) is 23.4 Å². The average Bonchev–Trinajstić information content (AvgIpc) is 2.95. The molecule has 2 aromatic heterocycles. The number of amides is 1. The van der Waals surface area contributed by atoms with Gasteiger partial charge in [0.05, 0.1) is 0 Å². The van der Waals surface area contributed by atoms with Gasteiger partial charge in [-0.3, -0.25) is 20.2 Å². The van der Waals surface area contributed by atoms with Gasteiger partial charge in [-0.25, -0.2) is 0 Å². The lowest BCUT2D eigenvalue weighted by Gasteiger charge is -1.97. The maximum Gasteiger partial charge on any atom is 0.249 e. The average molecular weight is 243 g/mol. The van der Waals surface area contributed by atoms with Gasteiger partial charge in [0.15, 0.2) is 5.82 Å². The number of carbonyl (C=O) groups excluding carboxylic acids is 1. The number of aromatic nitrogens is 4. The second-order valence-electron chi connectivity index (χ2n) is 4.53. The maximum absolute atomic E-state index is 11.7. The normalized spacial score (nSPS) is 21.6. The molecule has 2 heterocycles. The third kappa shape index (κ3) is 2.09. The van der Waals surface area contributed by atoms with E-state index in [0.717, 1.165) is 6.42 Å². The summed E-state index contributed by atoms with van der Waals surface area (Å²) in [6.07, 6.45) is 2.63. The number of hydrogen-bond acceptors (Lipinski definition) is 4. The first-order valence-electron chi connectivity index (χ1n) is 5.88. The van der Waals surface area contributed by atoms with Crippen molar-refractivity contribution in [2.75, 3.05) is 5.32 Å². The molecular formula is C12H13N5O. The Kier molecular flexibility index (Phi) is 2.55. The lowest BCUT2D eigenvalue weighted by molar-refractivity contribution is -0.117. The molecule has 18 heavy (non-hydrogen) atoms. The summed E-state index contributed by atoms with van der Waals surface area (Å²) in [6, 6.07) is 5.53. The van der Waals surface area contributed by atoms with Crippen LogP contribution in [0.3, 0.4) is 0 Å². The summed E-state index contributed by atoms with van der Waals surface area (Å²) >= 11 is 0. The highest BCUT2D eigenvalue weighted by Gasteiger charge is 2.39. The molecule has 0 bridgehead atoms. The van der Waals surface area contributed by atoms with E-state index in [1.807, 2.05) is 18.2 Å². The Bertz CT molecular complexity index is 565. The molecule has 1 fully saturated rings. The molecule has 0 aliphatic heterocycles. The maximum atomic E-state index is 11.7. The van der Waals surface area contributed by atoms with Crippen molar-refractivity contribution in [1.29, 1.82) is 0 Å². The molecule has 1 aliphatic carbocycles. The van der Waals surface area contributed by atoms with Crippen LogP contribution in [-0.2, 0) is 4.79 Å². The minimum absolute atomic E-state index is 0.00549. The first kappa shape index (κ1) is 10.9. The van der Waals surface area contributed by atoms with E-state index >= 15 is 0 Å². The lowest BCUT2D eigenvalue weighted by Crippen LogP contribution is -2.15. The summed E-state index contributed by atoms with van der Waals surface area (Å²) in [5.41, 5.74) is 0.699. The van der Waals surface area contributed by atoms with Gasteiger partial charge in [0.2, 0.25) is 11.9 Å². The van der Waals surface area contributed by atoms with Gasteiger partial charge in [-0.15, -0.1) is 5.10 Å². The van der Waals surface area contributed by atoms with Gasteiger partial charge in [-0.05, 0) is 24.5 Å². The zero-order valence-corrected chi connectivity index (χ0v) is 9.92. The molecule has 0 aromatic carbocycles. The summed E-state index contributed by atoms with van der Waals surface area (Å²) in [4.78, 5) is 20.1. The lowest BCUT2D eigenvalue weighted by atomic mass is 10.3. The standard InChI is InChI=1S/C12H13N5O/c1-7-6-8(7)11(18)15-12-14-10(16-17-12)9-4-2-3-5-13-9/h2-5,7-8H,6H2,1H3,(H2,14,15,16,17,18). The third-order valence-electron chi connectivity index (χ3n) is 3.07. The van der Waals surface area contributed by atoms with Crippen LogP contribution in [0.1, 0.15) is 13.3 Å². The number of H-pyrrole nitrogens is 1. The monoisotopic (exact) mass is 243 g/mol. The first-order chi connectivity index (χ1) is 8.74. The summed E-state index contributed by atoms with van der Waals surface area (Å²) < 4.78 is 0. The quantitative estimate of drug-likeness (QED) is 0.854. The molecule has 3 rings (SSSR count). The van der Waals surface area contributed by atoms with Gasteiger partial charge >= 0.3 is 0 Å². The second kappa shape index (κ2) is 4.21. The number of rotatable bonds is 3. The Morgan fingerprint density at radius 3 is 3.00 bits per heavy atom. The molecule has 0 saturated heterocycles. The van der Waals surface area contributed by atoms with Crippen LogP contribution in [0, 0.1) is 11.8 Å². The zero-order valence-electron chi connectivity index (χ0n) is 9.92. The predicted octanol–water partition coefficient (Wildman–Crippen LogP) is 1.46. The van der Waals surface area contributed by atoms with Gasteiger partial charge in [0.1, 0.15) is 5.69 Å². The molecule has 2 unspecified atom stereocenters. The van der Waals surface area contributed by atoms with Crippen molar-refractivity contribution in [2.24, 2.45) is 11.8 Å². The number of carbonyl (C=O) groups is 1. The highest BCUT2D eigenvalue weighted by Crippen LogP contribution is 2.38. The summed E-state index contributed by atoms with van der Waals surface area (Å²) in [6.45, 7) is 2.06. The number of aromatic amines is 1. The van der Waals surface area contributed by atoms with E-state index in [2.05, 4.69) is 32.4 Å². The molecule has 92 valence electrons. The van der Waals surface area contributed by atoms with E-state index in [-0.39, 0.29) is 11.8 Å². The van der Waals surface area contributed by atoms with Crippen LogP contribution in [0.15, 0.2) is 24.4 Å². The van der Waals surface area contributed by atoms with Crippen LogP contribution in [0.4, 0.5) is 5.95 Å². The van der Waals surface area contributed by atoms with Crippen molar-refractivity contribution >= 4 is 11.9 Å². The van der Waals surface area contributed by atoms with Crippen molar-refractivity contribution in [1.82, 2.24) is 20.2 Å². The molecule has 1 saturated carbocycles. The minimum atomic E-state index is -0.00549. The Morgan fingerprint density at radius 2 is 2.33 bits per heavy atom. The molecule has 2 N–H and O–H groups in total. The van der Waals surface area contributed by atoms with Crippen LogP contribution in [0.5, 0.6) is 0 Å². The predicted molar refractivity (Wildman–Crippen MR) is 65.5 cm³/mol. The smallest absolute Gasteiger partial charge is 0.249 e. The minimum Gasteiger partial charge on any atom is -0.293 e. The van der Waals surface area contributed by atoms with Crippen LogP contribution in [0.25, 0.3) is 11.5 Å².